The Morgan fingerprint density at radius 1 is 1.53 bits per heavy atom. The minimum atomic E-state index is -0.904. The first-order valence-electron chi connectivity index (χ1n) is 5.71. The quantitative estimate of drug-likeness (QED) is 0.843. The van der Waals surface area contributed by atoms with E-state index < -0.39 is 5.97 Å². The summed E-state index contributed by atoms with van der Waals surface area (Å²) in [6.45, 7) is 5.30. The topological polar surface area (TPSA) is 58.6 Å². The van der Waals surface area contributed by atoms with E-state index in [9.17, 15) is 9.90 Å². The van der Waals surface area contributed by atoms with Crippen LogP contribution in [0.25, 0.3) is 0 Å². The zero-order valence-electron chi connectivity index (χ0n) is 10.1. The fourth-order valence-corrected chi connectivity index (χ4v) is 2.08. The molecule has 0 aromatic heterocycles. The summed E-state index contributed by atoms with van der Waals surface area (Å²) < 4.78 is 5.36. The summed E-state index contributed by atoms with van der Waals surface area (Å²) >= 11 is 0. The summed E-state index contributed by atoms with van der Waals surface area (Å²) in [5.74, 6) is -0.904. The smallest absolute Gasteiger partial charge is 0.337 e. The number of hydrogen-bond acceptors (Lipinski definition) is 3. The lowest BCUT2D eigenvalue weighted by Crippen LogP contribution is -2.36. The molecule has 1 aliphatic rings. The number of aryl methyl sites for hydroxylation is 1. The van der Waals surface area contributed by atoms with Gasteiger partial charge in [0.05, 0.1) is 23.4 Å². The third-order valence-electron chi connectivity index (χ3n) is 3.15. The van der Waals surface area contributed by atoms with Crippen LogP contribution in [0.2, 0.25) is 0 Å². The van der Waals surface area contributed by atoms with Crippen molar-refractivity contribution in [2.45, 2.75) is 25.8 Å². The molecule has 0 aliphatic carbocycles. The van der Waals surface area contributed by atoms with Gasteiger partial charge in [-0.3, -0.25) is 0 Å². The summed E-state index contributed by atoms with van der Waals surface area (Å²) in [5.41, 5.74) is 1.79. The predicted octanol–water partition coefficient (Wildman–Crippen LogP) is 2.28. The molecule has 1 aromatic rings. The van der Waals surface area contributed by atoms with Crippen molar-refractivity contribution < 1.29 is 14.6 Å². The molecule has 0 bridgehead atoms. The van der Waals surface area contributed by atoms with Crippen LogP contribution in [0.15, 0.2) is 18.2 Å². The van der Waals surface area contributed by atoms with Gasteiger partial charge in [0, 0.05) is 6.61 Å². The van der Waals surface area contributed by atoms with Crippen LogP contribution in [0.3, 0.4) is 0 Å². The van der Waals surface area contributed by atoms with Crippen molar-refractivity contribution in [2.24, 2.45) is 0 Å². The summed E-state index contributed by atoms with van der Waals surface area (Å²) in [5, 5.41) is 12.5. The number of carboxylic acid groups (broad SMARTS) is 1. The van der Waals surface area contributed by atoms with Crippen molar-refractivity contribution >= 4 is 11.7 Å². The van der Waals surface area contributed by atoms with Gasteiger partial charge >= 0.3 is 5.97 Å². The summed E-state index contributed by atoms with van der Waals surface area (Å²) in [7, 11) is 0. The molecule has 0 saturated carbocycles. The van der Waals surface area contributed by atoms with E-state index in [2.05, 4.69) is 12.2 Å². The number of carbonyl (C=O) groups is 1. The Balaban J connectivity index is 2.34. The minimum absolute atomic E-state index is 0.170. The number of aromatic carboxylic acids is 1. The second kappa shape index (κ2) is 4.37. The summed E-state index contributed by atoms with van der Waals surface area (Å²) in [6, 6.07) is 5.29. The Morgan fingerprint density at radius 3 is 2.88 bits per heavy atom. The van der Waals surface area contributed by atoms with Crippen molar-refractivity contribution in [2.75, 3.05) is 18.5 Å². The highest BCUT2D eigenvalue weighted by atomic mass is 16.5. The number of para-hydroxylation sites is 1. The molecule has 2 N–H and O–H groups in total. The van der Waals surface area contributed by atoms with Crippen molar-refractivity contribution in [3.05, 3.63) is 29.3 Å². The van der Waals surface area contributed by atoms with Gasteiger partial charge in [0.15, 0.2) is 0 Å². The number of benzene rings is 1. The van der Waals surface area contributed by atoms with Gasteiger partial charge in [0.1, 0.15) is 0 Å². The number of nitrogens with one attached hydrogen (secondary N) is 1. The van der Waals surface area contributed by atoms with E-state index in [1.165, 1.54) is 0 Å². The van der Waals surface area contributed by atoms with Gasteiger partial charge in [-0.05, 0) is 31.9 Å². The second-order valence-corrected chi connectivity index (χ2v) is 4.79. The van der Waals surface area contributed by atoms with Gasteiger partial charge in [0.25, 0.3) is 0 Å². The largest absolute Gasteiger partial charge is 0.478 e. The van der Waals surface area contributed by atoms with Gasteiger partial charge in [0.2, 0.25) is 0 Å². The highest BCUT2D eigenvalue weighted by molar-refractivity contribution is 5.95. The molecule has 0 spiro atoms. The van der Waals surface area contributed by atoms with Crippen molar-refractivity contribution in [1.82, 2.24) is 0 Å². The monoisotopic (exact) mass is 235 g/mol. The number of rotatable bonds is 3. The van der Waals surface area contributed by atoms with Gasteiger partial charge in [-0.15, -0.1) is 0 Å². The molecule has 0 radical (unpaired) electrons. The molecule has 1 fully saturated rings. The van der Waals surface area contributed by atoms with Crippen LogP contribution in [0.1, 0.15) is 29.3 Å². The molecule has 1 heterocycles. The lowest BCUT2D eigenvalue weighted by Gasteiger charge is -2.27. The molecule has 17 heavy (non-hydrogen) atoms. The Labute approximate surface area is 101 Å². The van der Waals surface area contributed by atoms with Gasteiger partial charge in [-0.2, -0.15) is 0 Å². The Kier molecular flexibility index (Phi) is 3.07. The van der Waals surface area contributed by atoms with E-state index in [1.54, 1.807) is 12.1 Å². The lowest BCUT2D eigenvalue weighted by molar-refractivity contribution is 0.0697. The fraction of sp³-hybridized carbons (Fsp3) is 0.462. The Morgan fingerprint density at radius 2 is 2.29 bits per heavy atom. The van der Waals surface area contributed by atoms with Crippen LogP contribution in [-0.2, 0) is 4.74 Å². The molecule has 1 aromatic carbocycles. The zero-order chi connectivity index (χ0) is 12.5. The second-order valence-electron chi connectivity index (χ2n) is 4.79. The van der Waals surface area contributed by atoms with Gasteiger partial charge in [-0.25, -0.2) is 4.79 Å². The fourth-order valence-electron chi connectivity index (χ4n) is 2.08. The van der Waals surface area contributed by atoms with E-state index in [0.29, 0.717) is 17.9 Å². The van der Waals surface area contributed by atoms with Crippen molar-refractivity contribution in [3.8, 4) is 0 Å². The molecular weight excluding hydrogens is 218 g/mol. The average Bonchev–Trinajstić information content (AvgIpc) is 2.68. The van der Waals surface area contributed by atoms with Crippen LogP contribution in [0, 0.1) is 6.92 Å². The SMILES string of the molecule is Cc1cccc(C(=O)O)c1NC1(C)CCOC1. The molecule has 1 atom stereocenters. The highest BCUT2D eigenvalue weighted by Crippen LogP contribution is 2.28. The summed E-state index contributed by atoms with van der Waals surface area (Å²) in [4.78, 5) is 11.2. The first-order valence-corrected chi connectivity index (χ1v) is 5.71. The Bertz CT molecular complexity index is 436. The number of hydrogen-bond donors (Lipinski definition) is 2. The van der Waals surface area contributed by atoms with Crippen molar-refractivity contribution in [1.29, 1.82) is 0 Å². The number of ether oxygens (including phenoxy) is 1. The maximum Gasteiger partial charge on any atom is 0.337 e. The van der Waals surface area contributed by atoms with Crippen molar-refractivity contribution in [3.63, 3.8) is 0 Å². The van der Waals surface area contributed by atoms with Crippen LogP contribution in [0.5, 0.6) is 0 Å². The normalized spacial score (nSPS) is 23.6. The molecule has 2 rings (SSSR count). The van der Waals surface area contributed by atoms with E-state index in [1.807, 2.05) is 13.0 Å². The van der Waals surface area contributed by atoms with Gasteiger partial charge < -0.3 is 15.2 Å². The third-order valence-corrected chi connectivity index (χ3v) is 3.15. The molecule has 92 valence electrons. The molecule has 4 heteroatoms. The Hall–Kier alpha value is -1.55. The van der Waals surface area contributed by atoms with Gasteiger partial charge in [-0.1, -0.05) is 12.1 Å². The third kappa shape index (κ3) is 2.42. The molecule has 1 aliphatic heterocycles. The standard InChI is InChI=1S/C13H17NO3/c1-9-4-3-5-10(12(15)16)11(9)14-13(2)6-7-17-8-13/h3-5,14H,6-8H2,1-2H3,(H,15,16). The molecule has 4 nitrogen and oxygen atoms in total. The van der Waals surface area contributed by atoms with E-state index in [4.69, 9.17) is 4.74 Å². The van der Waals surface area contributed by atoms with Crippen LogP contribution in [-0.4, -0.2) is 29.8 Å². The van der Waals surface area contributed by atoms with Crippen LogP contribution >= 0.6 is 0 Å². The maximum atomic E-state index is 11.2. The number of anilines is 1. The predicted molar refractivity (Wildman–Crippen MR) is 65.6 cm³/mol. The average molecular weight is 235 g/mol. The molecule has 1 unspecified atom stereocenters. The van der Waals surface area contributed by atoms with Crippen LogP contribution in [0.4, 0.5) is 5.69 Å². The summed E-state index contributed by atoms with van der Waals surface area (Å²) in [6.07, 6.45) is 0.889. The number of carboxylic acids is 1. The maximum absolute atomic E-state index is 11.2. The first-order chi connectivity index (χ1) is 8.02. The molecular formula is C13H17NO3. The lowest BCUT2D eigenvalue weighted by atomic mass is 9.99. The van der Waals surface area contributed by atoms with Crippen LogP contribution < -0.4 is 5.32 Å². The highest BCUT2D eigenvalue weighted by Gasteiger charge is 2.31. The first kappa shape index (κ1) is 11.9. The van der Waals surface area contributed by atoms with E-state index in [-0.39, 0.29) is 5.54 Å². The van der Waals surface area contributed by atoms with E-state index in [0.717, 1.165) is 18.6 Å². The molecule has 1 saturated heterocycles. The van der Waals surface area contributed by atoms with E-state index >= 15 is 0 Å². The minimum Gasteiger partial charge on any atom is -0.478 e. The zero-order valence-corrected chi connectivity index (χ0v) is 10.1. The molecule has 0 amide bonds.